The van der Waals surface area contributed by atoms with Crippen molar-refractivity contribution >= 4 is 28.4 Å². The predicted molar refractivity (Wildman–Crippen MR) is 122 cm³/mol. The van der Waals surface area contributed by atoms with Crippen LogP contribution < -0.4 is 10.6 Å². The van der Waals surface area contributed by atoms with Crippen LogP contribution in [0.1, 0.15) is 5.56 Å². The van der Waals surface area contributed by atoms with E-state index in [1.165, 1.54) is 12.4 Å². The van der Waals surface area contributed by atoms with Crippen LogP contribution in [0.25, 0.3) is 22.2 Å². The third kappa shape index (κ3) is 4.04. The Bertz CT molecular complexity index is 1230. The van der Waals surface area contributed by atoms with Crippen molar-refractivity contribution in [3.05, 3.63) is 85.3 Å². The third-order valence-corrected chi connectivity index (χ3v) is 5.18. The van der Waals surface area contributed by atoms with E-state index in [0.29, 0.717) is 24.6 Å². The van der Waals surface area contributed by atoms with E-state index in [1.807, 2.05) is 65.4 Å². The van der Waals surface area contributed by atoms with Gasteiger partial charge >= 0.3 is 0 Å². The molecule has 2 heterocycles. The van der Waals surface area contributed by atoms with Gasteiger partial charge in [-0.3, -0.25) is 4.79 Å². The number of hydrogen-bond acceptors (Lipinski definition) is 5. The zero-order valence-electron chi connectivity index (χ0n) is 17.0. The minimum Gasteiger partial charge on any atom is -0.392 e. The summed E-state index contributed by atoms with van der Waals surface area (Å²) in [4.78, 5) is 22.8. The second kappa shape index (κ2) is 8.81. The van der Waals surface area contributed by atoms with Crippen molar-refractivity contribution in [2.24, 2.45) is 0 Å². The summed E-state index contributed by atoms with van der Waals surface area (Å²) >= 11 is 0. The monoisotopic (exact) mass is 413 g/mol. The zero-order chi connectivity index (χ0) is 21.8. The number of aliphatic hydroxyl groups excluding tert-OH is 1. The molecule has 4 aromatic rings. The minimum atomic E-state index is -0.173. The number of nitrogen functional groups attached to an aromatic ring is 1. The number of rotatable bonds is 7. The number of carbonyl (C=O) groups excluding carboxylic acids is 1. The van der Waals surface area contributed by atoms with Crippen molar-refractivity contribution in [3.63, 3.8) is 0 Å². The van der Waals surface area contributed by atoms with Crippen molar-refractivity contribution in [2.75, 3.05) is 17.2 Å². The Morgan fingerprint density at radius 2 is 1.97 bits per heavy atom. The Kier molecular flexibility index (Phi) is 5.77. The fourth-order valence-corrected chi connectivity index (χ4v) is 3.67. The van der Waals surface area contributed by atoms with Crippen molar-refractivity contribution in [2.45, 2.75) is 13.2 Å². The molecule has 0 bridgehead atoms. The summed E-state index contributed by atoms with van der Waals surface area (Å²) in [5, 5.41) is 10.3. The summed E-state index contributed by atoms with van der Waals surface area (Å²) in [6.07, 6.45) is 4.71. The van der Waals surface area contributed by atoms with Crippen LogP contribution in [0.15, 0.2) is 79.8 Å². The van der Waals surface area contributed by atoms with Gasteiger partial charge in [-0.2, -0.15) is 0 Å². The summed E-state index contributed by atoms with van der Waals surface area (Å²) in [5.74, 6) is 0.211. The largest absolute Gasteiger partial charge is 0.392 e. The van der Waals surface area contributed by atoms with Crippen LogP contribution in [0.4, 0.5) is 11.5 Å². The molecule has 4 rings (SSSR count). The van der Waals surface area contributed by atoms with Gasteiger partial charge in [-0.1, -0.05) is 43.0 Å². The number of amides is 1. The fourth-order valence-electron chi connectivity index (χ4n) is 3.67. The zero-order valence-corrected chi connectivity index (χ0v) is 17.0. The van der Waals surface area contributed by atoms with Gasteiger partial charge in [0.1, 0.15) is 17.8 Å². The number of para-hydroxylation sites is 1. The standard InChI is InChI=1S/C24H23N5O2/c1-2-21(31)29(19-9-4-3-5-10-19)12-11-28-14-20(18-8-6-7-17(13-18)15-30)22-23(25)26-16-27-24(22)28/h2-10,13-14,16,30H,1,11-12,15H2,(H2,25,26,27). The quantitative estimate of drug-likeness (QED) is 0.453. The molecule has 0 aliphatic rings. The van der Waals surface area contributed by atoms with E-state index < -0.39 is 0 Å². The molecule has 0 atom stereocenters. The van der Waals surface area contributed by atoms with Crippen LogP contribution in [0, 0.1) is 0 Å². The lowest BCUT2D eigenvalue weighted by Gasteiger charge is -2.21. The summed E-state index contributed by atoms with van der Waals surface area (Å²) in [6.45, 7) is 4.51. The molecule has 7 heteroatoms. The normalized spacial score (nSPS) is 10.9. The van der Waals surface area contributed by atoms with Crippen molar-refractivity contribution in [3.8, 4) is 11.1 Å². The topological polar surface area (TPSA) is 97.3 Å². The summed E-state index contributed by atoms with van der Waals surface area (Å²) in [5.41, 5.74) is 10.3. The molecule has 156 valence electrons. The molecular weight excluding hydrogens is 390 g/mol. The molecule has 3 N–H and O–H groups in total. The van der Waals surface area contributed by atoms with E-state index in [4.69, 9.17) is 5.73 Å². The molecule has 0 aliphatic heterocycles. The Labute approximate surface area is 180 Å². The van der Waals surface area contributed by atoms with Gasteiger partial charge in [0.05, 0.1) is 12.0 Å². The van der Waals surface area contributed by atoms with Crippen molar-refractivity contribution in [1.82, 2.24) is 14.5 Å². The Balaban J connectivity index is 1.73. The highest BCUT2D eigenvalue weighted by molar-refractivity contribution is 6.02. The van der Waals surface area contributed by atoms with E-state index in [-0.39, 0.29) is 12.5 Å². The van der Waals surface area contributed by atoms with Gasteiger partial charge < -0.3 is 20.3 Å². The Morgan fingerprint density at radius 1 is 1.16 bits per heavy atom. The van der Waals surface area contributed by atoms with Gasteiger partial charge in [0.25, 0.3) is 0 Å². The predicted octanol–water partition coefficient (Wildman–Crippen LogP) is 3.39. The Morgan fingerprint density at radius 3 is 2.71 bits per heavy atom. The number of carbonyl (C=O) groups is 1. The maximum atomic E-state index is 12.5. The lowest BCUT2D eigenvalue weighted by atomic mass is 10.0. The average Bonchev–Trinajstić information content (AvgIpc) is 3.20. The van der Waals surface area contributed by atoms with Crippen LogP contribution in [0.5, 0.6) is 0 Å². The van der Waals surface area contributed by atoms with Gasteiger partial charge in [0.15, 0.2) is 0 Å². The molecule has 2 aromatic carbocycles. The highest BCUT2D eigenvalue weighted by Gasteiger charge is 2.18. The maximum Gasteiger partial charge on any atom is 0.250 e. The van der Waals surface area contributed by atoms with Crippen LogP contribution in [0.2, 0.25) is 0 Å². The molecule has 31 heavy (non-hydrogen) atoms. The summed E-state index contributed by atoms with van der Waals surface area (Å²) in [7, 11) is 0. The lowest BCUT2D eigenvalue weighted by molar-refractivity contribution is -0.114. The molecule has 0 saturated heterocycles. The highest BCUT2D eigenvalue weighted by Crippen LogP contribution is 2.33. The number of benzene rings is 2. The summed E-state index contributed by atoms with van der Waals surface area (Å²) in [6, 6.07) is 17.1. The summed E-state index contributed by atoms with van der Waals surface area (Å²) < 4.78 is 1.97. The first-order valence-corrected chi connectivity index (χ1v) is 9.91. The first-order valence-electron chi connectivity index (χ1n) is 9.91. The molecule has 7 nitrogen and oxygen atoms in total. The SMILES string of the molecule is C=CC(=O)N(CCn1cc(-c2cccc(CO)c2)c2c(N)ncnc21)c1ccccc1. The Hall–Kier alpha value is -3.97. The lowest BCUT2D eigenvalue weighted by Crippen LogP contribution is -2.32. The molecule has 0 unspecified atom stereocenters. The van der Waals surface area contributed by atoms with Gasteiger partial charge in [0.2, 0.25) is 5.91 Å². The molecule has 1 amide bonds. The van der Waals surface area contributed by atoms with Gasteiger partial charge in [-0.25, -0.2) is 9.97 Å². The van der Waals surface area contributed by atoms with Gasteiger partial charge in [-0.05, 0) is 35.4 Å². The van der Waals surface area contributed by atoms with E-state index in [9.17, 15) is 9.90 Å². The number of hydrogen-bond donors (Lipinski definition) is 2. The molecule has 0 saturated carbocycles. The fraction of sp³-hybridized carbons (Fsp3) is 0.125. The van der Waals surface area contributed by atoms with E-state index in [2.05, 4.69) is 16.5 Å². The average molecular weight is 413 g/mol. The van der Waals surface area contributed by atoms with Crippen molar-refractivity contribution < 1.29 is 9.90 Å². The number of aromatic nitrogens is 3. The van der Waals surface area contributed by atoms with Crippen LogP contribution in [-0.4, -0.2) is 32.1 Å². The molecular formula is C24H23N5O2. The maximum absolute atomic E-state index is 12.5. The van der Waals surface area contributed by atoms with E-state index in [0.717, 1.165) is 27.8 Å². The van der Waals surface area contributed by atoms with Gasteiger partial charge in [0, 0.05) is 30.5 Å². The van der Waals surface area contributed by atoms with Gasteiger partial charge in [-0.15, -0.1) is 0 Å². The molecule has 0 radical (unpaired) electrons. The van der Waals surface area contributed by atoms with Crippen LogP contribution >= 0.6 is 0 Å². The van der Waals surface area contributed by atoms with Crippen molar-refractivity contribution in [1.29, 1.82) is 0 Å². The number of nitrogens with two attached hydrogens (primary N) is 1. The molecule has 0 aliphatic carbocycles. The second-order valence-corrected chi connectivity index (χ2v) is 7.08. The number of nitrogens with zero attached hydrogens (tertiary/aromatic N) is 4. The van der Waals surface area contributed by atoms with Crippen LogP contribution in [0.3, 0.4) is 0 Å². The molecule has 2 aromatic heterocycles. The second-order valence-electron chi connectivity index (χ2n) is 7.08. The smallest absolute Gasteiger partial charge is 0.250 e. The first kappa shape index (κ1) is 20.3. The third-order valence-electron chi connectivity index (χ3n) is 5.18. The number of fused-ring (bicyclic) bond motifs is 1. The first-order chi connectivity index (χ1) is 15.1. The molecule has 0 spiro atoms. The number of anilines is 2. The highest BCUT2D eigenvalue weighted by atomic mass is 16.3. The van der Waals surface area contributed by atoms with Crippen LogP contribution in [-0.2, 0) is 17.9 Å². The van der Waals surface area contributed by atoms with E-state index in [1.54, 1.807) is 4.90 Å². The minimum absolute atomic E-state index is 0.0475. The molecule has 0 fully saturated rings. The van der Waals surface area contributed by atoms with E-state index >= 15 is 0 Å². The number of aliphatic hydroxyl groups is 1.